The Kier molecular flexibility index (Phi) is 11.6. The molecule has 0 fully saturated rings. The molecule has 3 aromatic carbocycles. The van der Waals surface area contributed by atoms with Crippen LogP contribution in [-0.4, -0.2) is 50.8 Å². The van der Waals surface area contributed by atoms with E-state index in [4.69, 9.17) is 11.6 Å². The van der Waals surface area contributed by atoms with E-state index in [1.54, 1.807) is 36.4 Å². The van der Waals surface area contributed by atoms with Gasteiger partial charge in [0.05, 0.1) is 10.6 Å². The number of hydrogen-bond donors (Lipinski definition) is 1. The van der Waals surface area contributed by atoms with Crippen molar-refractivity contribution in [3.05, 3.63) is 95.0 Å². The SMILES string of the molecule is CCCCNC(=O)C(CC)N(CCc1ccccc1)C(=O)CN(c1ccc(C)c(Cl)c1)S(=O)(=O)c1ccccc1. The highest BCUT2D eigenvalue weighted by Crippen LogP contribution is 2.28. The van der Waals surface area contributed by atoms with Crippen LogP contribution in [0.2, 0.25) is 5.02 Å². The number of hydrogen-bond acceptors (Lipinski definition) is 4. The highest BCUT2D eigenvalue weighted by Gasteiger charge is 2.33. The topological polar surface area (TPSA) is 86.8 Å². The fourth-order valence-corrected chi connectivity index (χ4v) is 5.99. The molecule has 0 aliphatic rings. The molecule has 1 unspecified atom stereocenters. The summed E-state index contributed by atoms with van der Waals surface area (Å²) in [5, 5.41) is 3.33. The molecule has 0 spiro atoms. The van der Waals surface area contributed by atoms with E-state index in [-0.39, 0.29) is 23.0 Å². The van der Waals surface area contributed by atoms with E-state index in [1.165, 1.54) is 17.0 Å². The monoisotopic (exact) mass is 583 g/mol. The molecule has 0 aromatic heterocycles. The number of carbonyl (C=O) groups excluding carboxylic acids is 2. The fraction of sp³-hybridized carbons (Fsp3) is 0.355. The Hall–Kier alpha value is -3.36. The van der Waals surface area contributed by atoms with Crippen LogP contribution in [0.1, 0.15) is 44.2 Å². The number of nitrogens with zero attached hydrogens (tertiary/aromatic N) is 2. The summed E-state index contributed by atoms with van der Waals surface area (Å²) in [6.07, 6.45) is 2.67. The second kappa shape index (κ2) is 14.9. The van der Waals surface area contributed by atoms with Crippen molar-refractivity contribution in [2.24, 2.45) is 0 Å². The van der Waals surface area contributed by atoms with Crippen LogP contribution in [-0.2, 0) is 26.0 Å². The van der Waals surface area contributed by atoms with Gasteiger partial charge in [0, 0.05) is 18.1 Å². The predicted molar refractivity (Wildman–Crippen MR) is 161 cm³/mol. The van der Waals surface area contributed by atoms with Crippen molar-refractivity contribution in [3.63, 3.8) is 0 Å². The minimum atomic E-state index is -4.12. The van der Waals surface area contributed by atoms with Crippen molar-refractivity contribution in [2.45, 2.75) is 57.4 Å². The molecule has 1 atom stereocenters. The summed E-state index contributed by atoms with van der Waals surface area (Å²) in [6.45, 7) is 6.01. The summed E-state index contributed by atoms with van der Waals surface area (Å²) in [5.74, 6) is -0.710. The van der Waals surface area contributed by atoms with Crippen LogP contribution in [0.3, 0.4) is 0 Å². The normalized spacial score (nSPS) is 12.0. The van der Waals surface area contributed by atoms with Crippen LogP contribution >= 0.6 is 11.6 Å². The molecule has 9 heteroatoms. The van der Waals surface area contributed by atoms with E-state index in [9.17, 15) is 18.0 Å². The van der Waals surface area contributed by atoms with E-state index in [0.717, 1.165) is 28.3 Å². The number of rotatable bonds is 14. The van der Waals surface area contributed by atoms with Gasteiger partial charge in [0.1, 0.15) is 12.6 Å². The number of sulfonamides is 1. The molecule has 0 aliphatic carbocycles. The average molecular weight is 584 g/mol. The molecule has 3 aromatic rings. The lowest BCUT2D eigenvalue weighted by atomic mass is 10.1. The first kappa shape index (κ1) is 31.2. The smallest absolute Gasteiger partial charge is 0.264 e. The van der Waals surface area contributed by atoms with E-state index >= 15 is 0 Å². The molecule has 0 saturated heterocycles. The molecule has 0 radical (unpaired) electrons. The van der Waals surface area contributed by atoms with Gasteiger partial charge in [-0.25, -0.2) is 8.42 Å². The number of amides is 2. The van der Waals surface area contributed by atoms with Gasteiger partial charge in [-0.2, -0.15) is 0 Å². The lowest BCUT2D eigenvalue weighted by Crippen LogP contribution is -2.53. The predicted octanol–water partition coefficient (Wildman–Crippen LogP) is 5.61. The van der Waals surface area contributed by atoms with Gasteiger partial charge in [-0.05, 0) is 61.6 Å². The number of nitrogens with one attached hydrogen (secondary N) is 1. The minimum absolute atomic E-state index is 0.0553. The summed E-state index contributed by atoms with van der Waals surface area (Å²) >= 11 is 6.38. The summed E-state index contributed by atoms with van der Waals surface area (Å²) in [4.78, 5) is 28.8. The number of aryl methyl sites for hydroxylation is 1. The molecule has 0 bridgehead atoms. The number of benzene rings is 3. The van der Waals surface area contributed by atoms with Crippen LogP contribution in [0.5, 0.6) is 0 Å². The maximum absolute atomic E-state index is 14.0. The van der Waals surface area contributed by atoms with Gasteiger partial charge in [0.2, 0.25) is 11.8 Å². The number of unbranched alkanes of at least 4 members (excludes halogenated alkanes) is 1. The van der Waals surface area contributed by atoms with Crippen molar-refractivity contribution >= 4 is 39.1 Å². The van der Waals surface area contributed by atoms with Crippen LogP contribution in [0.4, 0.5) is 5.69 Å². The molecule has 2 amide bonds. The Balaban J connectivity index is 1.99. The van der Waals surface area contributed by atoms with E-state index in [0.29, 0.717) is 24.4 Å². The third kappa shape index (κ3) is 8.08. The van der Waals surface area contributed by atoms with Crippen LogP contribution < -0.4 is 9.62 Å². The molecular formula is C31H38ClN3O4S. The first-order valence-corrected chi connectivity index (χ1v) is 15.5. The minimum Gasteiger partial charge on any atom is -0.354 e. The highest BCUT2D eigenvalue weighted by atomic mass is 35.5. The van der Waals surface area contributed by atoms with Crippen molar-refractivity contribution in [2.75, 3.05) is 23.9 Å². The van der Waals surface area contributed by atoms with Gasteiger partial charge in [0.15, 0.2) is 0 Å². The Bertz CT molecular complexity index is 1370. The highest BCUT2D eigenvalue weighted by molar-refractivity contribution is 7.92. The Labute approximate surface area is 243 Å². The lowest BCUT2D eigenvalue weighted by Gasteiger charge is -2.33. The first-order valence-electron chi connectivity index (χ1n) is 13.6. The van der Waals surface area contributed by atoms with Crippen molar-refractivity contribution < 1.29 is 18.0 Å². The maximum Gasteiger partial charge on any atom is 0.264 e. The van der Waals surface area contributed by atoms with Crippen molar-refractivity contribution in [1.29, 1.82) is 0 Å². The van der Waals surface area contributed by atoms with Gasteiger partial charge in [-0.15, -0.1) is 0 Å². The molecule has 1 N–H and O–H groups in total. The van der Waals surface area contributed by atoms with E-state index in [2.05, 4.69) is 5.32 Å². The summed E-state index contributed by atoms with van der Waals surface area (Å²) in [7, 11) is -4.12. The molecule has 0 saturated carbocycles. The van der Waals surface area contributed by atoms with Gasteiger partial charge < -0.3 is 10.2 Å². The van der Waals surface area contributed by atoms with E-state index < -0.39 is 28.5 Å². The number of carbonyl (C=O) groups is 2. The third-order valence-corrected chi connectivity index (χ3v) is 8.95. The van der Waals surface area contributed by atoms with Crippen LogP contribution in [0.25, 0.3) is 0 Å². The Morgan fingerprint density at radius 1 is 0.950 bits per heavy atom. The zero-order valence-electron chi connectivity index (χ0n) is 23.3. The quantitative estimate of drug-likeness (QED) is 0.250. The molecule has 7 nitrogen and oxygen atoms in total. The van der Waals surface area contributed by atoms with Gasteiger partial charge >= 0.3 is 0 Å². The molecule has 0 aliphatic heterocycles. The zero-order chi connectivity index (χ0) is 29.1. The fourth-order valence-electron chi connectivity index (χ4n) is 4.39. The Morgan fingerprint density at radius 2 is 1.60 bits per heavy atom. The summed E-state index contributed by atoms with van der Waals surface area (Å²) < 4.78 is 28.8. The maximum atomic E-state index is 14.0. The van der Waals surface area contributed by atoms with Crippen LogP contribution in [0.15, 0.2) is 83.8 Å². The zero-order valence-corrected chi connectivity index (χ0v) is 24.9. The number of anilines is 1. The first-order chi connectivity index (χ1) is 19.2. The molecule has 214 valence electrons. The van der Waals surface area contributed by atoms with Gasteiger partial charge in [-0.1, -0.05) is 86.5 Å². The summed E-state index contributed by atoms with van der Waals surface area (Å²) in [6, 6.07) is 21.8. The second-order valence-corrected chi connectivity index (χ2v) is 11.9. The lowest BCUT2D eigenvalue weighted by molar-refractivity contribution is -0.139. The van der Waals surface area contributed by atoms with E-state index in [1.807, 2.05) is 51.1 Å². The Morgan fingerprint density at radius 3 is 2.20 bits per heavy atom. The molecule has 3 rings (SSSR count). The second-order valence-electron chi connectivity index (χ2n) is 9.65. The molecule has 0 heterocycles. The van der Waals surface area contributed by atoms with Crippen molar-refractivity contribution in [3.8, 4) is 0 Å². The van der Waals surface area contributed by atoms with Gasteiger partial charge in [0.25, 0.3) is 10.0 Å². The molecule has 40 heavy (non-hydrogen) atoms. The van der Waals surface area contributed by atoms with Crippen LogP contribution in [0, 0.1) is 6.92 Å². The largest absolute Gasteiger partial charge is 0.354 e. The molecular weight excluding hydrogens is 546 g/mol. The standard InChI is InChI=1S/C31H38ClN3O4S/c1-4-6-20-33-31(37)29(5-2)34(21-19-25-13-9-7-10-14-25)30(36)23-35(26-18-17-24(3)28(32)22-26)40(38,39)27-15-11-8-12-16-27/h7-18,22,29H,4-6,19-21,23H2,1-3H3,(H,33,37). The van der Waals surface area contributed by atoms with Gasteiger partial charge in [-0.3, -0.25) is 13.9 Å². The average Bonchev–Trinajstić information content (AvgIpc) is 2.96. The summed E-state index contributed by atoms with van der Waals surface area (Å²) in [5.41, 5.74) is 2.07. The third-order valence-electron chi connectivity index (χ3n) is 6.75. The van der Waals surface area contributed by atoms with Crippen molar-refractivity contribution in [1.82, 2.24) is 10.2 Å². The number of halogens is 1.